The first kappa shape index (κ1) is 15.3. The molecule has 0 aliphatic rings. The van der Waals surface area contributed by atoms with Gasteiger partial charge < -0.3 is 4.74 Å². The van der Waals surface area contributed by atoms with Gasteiger partial charge in [-0.15, -0.1) is 0 Å². The van der Waals surface area contributed by atoms with Crippen LogP contribution in [-0.4, -0.2) is 23.7 Å². The Kier molecular flexibility index (Phi) is 6.07. The first-order valence-corrected chi connectivity index (χ1v) is 5.12. The molecule has 0 aliphatic heterocycles. The van der Waals surface area contributed by atoms with E-state index in [-0.39, 0.29) is 5.91 Å². The molecule has 0 bridgehead atoms. The van der Waals surface area contributed by atoms with Gasteiger partial charge in [-0.2, -0.15) is 5.48 Å². The van der Waals surface area contributed by atoms with E-state index >= 15 is 0 Å². The van der Waals surface area contributed by atoms with Crippen LogP contribution < -0.4 is 10.8 Å². The van der Waals surface area contributed by atoms with Crippen molar-refractivity contribution in [3.05, 3.63) is 0 Å². The molecular weight excluding hydrogens is 224 g/mol. The largest absolute Gasteiger partial charge is 0.442 e. The first-order chi connectivity index (χ1) is 7.70. The summed E-state index contributed by atoms with van der Waals surface area (Å²) in [5, 5.41) is 2.28. The highest BCUT2D eigenvalue weighted by Crippen LogP contribution is 2.06. The third kappa shape index (κ3) is 10.5. The highest BCUT2D eigenvalue weighted by atomic mass is 16.7. The number of hydroxylamine groups is 1. The number of hydrogen-bond acceptors (Lipinski definition) is 4. The van der Waals surface area contributed by atoms with Gasteiger partial charge in [0.05, 0.1) is 0 Å². The van der Waals surface area contributed by atoms with E-state index < -0.39 is 17.8 Å². The van der Waals surface area contributed by atoms with Gasteiger partial charge in [-0.3, -0.25) is 14.9 Å². The molecule has 0 spiro atoms. The number of carbonyl (C=O) groups excluding carboxylic acids is 2. The van der Waals surface area contributed by atoms with Gasteiger partial charge in [0.2, 0.25) is 5.91 Å². The summed E-state index contributed by atoms with van der Waals surface area (Å²) >= 11 is 0. The Morgan fingerprint density at radius 2 is 1.88 bits per heavy atom. The second-order valence-corrected chi connectivity index (χ2v) is 4.31. The molecule has 17 heavy (non-hydrogen) atoms. The van der Waals surface area contributed by atoms with E-state index in [0.29, 0.717) is 0 Å². The minimum atomic E-state index is -0.689. The fraction of sp³-hybridized carbons (Fsp3) is 0.636. The maximum Gasteiger partial charge on any atom is 0.431 e. The van der Waals surface area contributed by atoms with Crippen molar-refractivity contribution in [2.24, 2.45) is 0 Å². The van der Waals surface area contributed by atoms with Crippen molar-refractivity contribution in [1.29, 1.82) is 0 Å². The molecule has 1 unspecified atom stereocenters. The lowest BCUT2D eigenvalue weighted by Crippen LogP contribution is -2.34. The van der Waals surface area contributed by atoms with Crippen LogP contribution in [0.25, 0.3) is 0 Å². The number of nitrogens with one attached hydrogen (secondary N) is 2. The normalized spacial score (nSPS) is 11.8. The van der Waals surface area contributed by atoms with Crippen molar-refractivity contribution in [2.75, 3.05) is 0 Å². The minimum absolute atomic E-state index is 0.259. The molecule has 0 aliphatic carbocycles. The van der Waals surface area contributed by atoms with Crippen LogP contribution in [0.5, 0.6) is 0 Å². The summed E-state index contributed by atoms with van der Waals surface area (Å²) < 4.78 is 4.94. The highest BCUT2D eigenvalue weighted by Gasteiger charge is 2.16. The van der Waals surface area contributed by atoms with Crippen molar-refractivity contribution in [3.8, 4) is 12.0 Å². The second kappa shape index (κ2) is 6.76. The second-order valence-electron chi connectivity index (χ2n) is 4.31. The molecule has 96 valence electrons. The van der Waals surface area contributed by atoms with Crippen LogP contribution in [0.4, 0.5) is 4.79 Å². The van der Waals surface area contributed by atoms with Crippen LogP contribution >= 0.6 is 0 Å². The Labute approximate surface area is 101 Å². The van der Waals surface area contributed by atoms with E-state index in [1.807, 2.05) is 0 Å². The Hall–Kier alpha value is -1.74. The molecule has 0 rings (SSSR count). The zero-order valence-electron chi connectivity index (χ0n) is 10.7. The molecule has 0 aromatic carbocycles. The molecule has 6 heteroatoms. The molecule has 2 amide bonds. The summed E-state index contributed by atoms with van der Waals surface area (Å²) in [6.45, 7) is 8.19. The number of amides is 2. The average molecular weight is 242 g/mol. The maximum absolute atomic E-state index is 11.2. The van der Waals surface area contributed by atoms with Gasteiger partial charge in [0.25, 0.3) is 0 Å². The van der Waals surface area contributed by atoms with E-state index in [4.69, 9.17) is 9.57 Å². The SMILES string of the molecule is CC(=O)NC#CC(C)ONC(=O)OC(C)(C)C. The number of carbonyl (C=O) groups is 2. The summed E-state index contributed by atoms with van der Waals surface area (Å²) in [7, 11) is 0. The fourth-order valence-electron chi connectivity index (χ4n) is 0.691. The van der Waals surface area contributed by atoms with Gasteiger partial charge in [-0.25, -0.2) is 4.79 Å². The van der Waals surface area contributed by atoms with E-state index in [0.717, 1.165) is 0 Å². The molecular formula is C11H18N2O4. The third-order valence-electron chi connectivity index (χ3n) is 1.23. The molecule has 0 heterocycles. The zero-order chi connectivity index (χ0) is 13.5. The van der Waals surface area contributed by atoms with Gasteiger partial charge in [0.15, 0.2) is 0 Å². The van der Waals surface area contributed by atoms with Crippen LogP contribution in [0.1, 0.15) is 34.6 Å². The molecule has 0 aromatic rings. The smallest absolute Gasteiger partial charge is 0.431 e. The lowest BCUT2D eigenvalue weighted by Gasteiger charge is -2.19. The Bertz CT molecular complexity index is 336. The Morgan fingerprint density at radius 1 is 1.29 bits per heavy atom. The summed E-state index contributed by atoms with van der Waals surface area (Å²) in [6, 6.07) is 2.39. The molecule has 6 nitrogen and oxygen atoms in total. The zero-order valence-corrected chi connectivity index (χ0v) is 10.7. The molecule has 0 saturated carbocycles. The molecule has 0 fully saturated rings. The molecule has 2 N–H and O–H groups in total. The number of hydrogen-bond donors (Lipinski definition) is 2. The predicted molar refractivity (Wildman–Crippen MR) is 61.5 cm³/mol. The van der Waals surface area contributed by atoms with Crippen molar-refractivity contribution in [1.82, 2.24) is 10.8 Å². The van der Waals surface area contributed by atoms with Gasteiger partial charge in [0.1, 0.15) is 11.7 Å². The van der Waals surface area contributed by atoms with E-state index in [2.05, 4.69) is 22.8 Å². The standard InChI is InChI=1S/C11H18N2O4/c1-8(6-7-12-9(2)14)17-13-10(15)16-11(3,4)5/h8H,1-5H3,(H,12,14)(H,13,15). The molecule has 1 atom stereocenters. The van der Waals surface area contributed by atoms with Crippen LogP contribution in [0.15, 0.2) is 0 Å². The van der Waals surface area contributed by atoms with Crippen LogP contribution in [0.3, 0.4) is 0 Å². The monoisotopic (exact) mass is 242 g/mol. The topological polar surface area (TPSA) is 76.7 Å². The Morgan fingerprint density at radius 3 is 2.35 bits per heavy atom. The van der Waals surface area contributed by atoms with Crippen molar-refractivity contribution in [3.63, 3.8) is 0 Å². The lowest BCUT2D eigenvalue weighted by molar-refractivity contribution is -0.117. The Balaban J connectivity index is 3.90. The van der Waals surface area contributed by atoms with Crippen molar-refractivity contribution in [2.45, 2.75) is 46.3 Å². The number of rotatable bonds is 2. The lowest BCUT2D eigenvalue weighted by atomic mass is 10.2. The third-order valence-corrected chi connectivity index (χ3v) is 1.23. The maximum atomic E-state index is 11.2. The van der Waals surface area contributed by atoms with Gasteiger partial charge >= 0.3 is 6.09 Å². The van der Waals surface area contributed by atoms with E-state index in [1.165, 1.54) is 6.92 Å². The fourth-order valence-corrected chi connectivity index (χ4v) is 0.691. The van der Waals surface area contributed by atoms with E-state index in [9.17, 15) is 9.59 Å². The van der Waals surface area contributed by atoms with Crippen LogP contribution in [-0.2, 0) is 14.4 Å². The molecule has 0 radical (unpaired) electrons. The number of ether oxygens (including phenoxy) is 1. The predicted octanol–water partition coefficient (Wildman–Crippen LogP) is 0.928. The summed E-state index contributed by atoms with van der Waals surface area (Å²) in [4.78, 5) is 26.6. The van der Waals surface area contributed by atoms with Crippen LogP contribution in [0, 0.1) is 12.0 Å². The van der Waals surface area contributed by atoms with Gasteiger partial charge in [-0.1, -0.05) is 0 Å². The first-order valence-electron chi connectivity index (χ1n) is 5.12. The van der Waals surface area contributed by atoms with Gasteiger partial charge in [-0.05, 0) is 33.6 Å². The summed E-state index contributed by atoms with van der Waals surface area (Å²) in [5.41, 5.74) is 1.52. The van der Waals surface area contributed by atoms with E-state index in [1.54, 1.807) is 27.7 Å². The van der Waals surface area contributed by atoms with Crippen molar-refractivity contribution >= 4 is 12.0 Å². The average Bonchev–Trinajstić information content (AvgIpc) is 2.11. The quantitative estimate of drug-likeness (QED) is 0.429. The van der Waals surface area contributed by atoms with Crippen LogP contribution in [0.2, 0.25) is 0 Å². The minimum Gasteiger partial charge on any atom is -0.442 e. The van der Waals surface area contributed by atoms with Gasteiger partial charge in [0, 0.05) is 13.0 Å². The highest BCUT2D eigenvalue weighted by molar-refractivity contribution is 5.74. The molecule has 0 saturated heterocycles. The summed E-state index contributed by atoms with van der Waals surface area (Å²) in [5.74, 6) is 2.30. The van der Waals surface area contributed by atoms with Crippen molar-refractivity contribution < 1.29 is 19.2 Å². The summed E-state index contributed by atoms with van der Waals surface area (Å²) in [6.07, 6.45) is -1.25. The molecule has 0 aromatic heterocycles.